The average molecular weight is 544 g/mol. The number of morpholine rings is 2. The highest BCUT2D eigenvalue weighted by atomic mass is 35.5. The monoisotopic (exact) mass is 543 g/mol. The zero-order valence-corrected chi connectivity index (χ0v) is 21.7. The van der Waals surface area contributed by atoms with Crippen LogP contribution in [0, 0.1) is 0 Å². The summed E-state index contributed by atoms with van der Waals surface area (Å²) in [4.78, 5) is 18.1. The van der Waals surface area contributed by atoms with Crippen molar-refractivity contribution in [1.82, 2.24) is 15.0 Å². The Morgan fingerprint density at radius 3 is 2.22 bits per heavy atom. The first-order valence-electron chi connectivity index (χ1n) is 12.0. The molecule has 0 unspecified atom stereocenters. The molecular weight excluding hydrogens is 517 g/mol. The number of nitrogens with one attached hydrogen (secondary N) is 1. The summed E-state index contributed by atoms with van der Waals surface area (Å²) in [6, 6.07) is 12.9. The van der Waals surface area contributed by atoms with E-state index in [1.165, 1.54) is 0 Å². The fraction of sp³-hybridized carbons (Fsp3) is 0.360. The molecule has 0 spiro atoms. The van der Waals surface area contributed by atoms with E-state index in [-0.39, 0.29) is 0 Å². The molecule has 2 aromatic carbocycles. The van der Waals surface area contributed by atoms with Crippen LogP contribution in [0.25, 0.3) is 0 Å². The SMILES string of the molecule is Clc1ccc(COc2cccc(/C=N/Nc3nc(N4CCOCC4)nc(N4CCOCC4)n3)c2)c(Cl)c1. The van der Waals surface area contributed by atoms with Crippen LogP contribution in [0.2, 0.25) is 10.0 Å². The molecule has 37 heavy (non-hydrogen) atoms. The molecule has 2 saturated heterocycles. The Morgan fingerprint density at radius 1 is 0.892 bits per heavy atom. The minimum absolute atomic E-state index is 0.328. The zero-order valence-electron chi connectivity index (χ0n) is 20.1. The average Bonchev–Trinajstić information content (AvgIpc) is 2.94. The minimum atomic E-state index is 0.328. The largest absolute Gasteiger partial charge is 0.489 e. The van der Waals surface area contributed by atoms with Gasteiger partial charge >= 0.3 is 0 Å². The fourth-order valence-corrected chi connectivity index (χ4v) is 4.33. The maximum atomic E-state index is 6.25. The van der Waals surface area contributed by atoms with Crippen molar-refractivity contribution in [3.8, 4) is 5.75 Å². The predicted molar refractivity (Wildman–Crippen MR) is 144 cm³/mol. The summed E-state index contributed by atoms with van der Waals surface area (Å²) in [7, 11) is 0. The molecule has 2 aliphatic heterocycles. The van der Waals surface area contributed by atoms with Gasteiger partial charge < -0.3 is 24.0 Å². The van der Waals surface area contributed by atoms with E-state index in [2.05, 4.69) is 30.3 Å². The van der Waals surface area contributed by atoms with Crippen molar-refractivity contribution in [3.05, 3.63) is 63.6 Å². The molecule has 2 aliphatic rings. The minimum Gasteiger partial charge on any atom is -0.489 e. The Kier molecular flexibility index (Phi) is 8.52. The lowest BCUT2D eigenvalue weighted by Crippen LogP contribution is -2.40. The van der Waals surface area contributed by atoms with Crippen molar-refractivity contribution in [2.75, 3.05) is 67.8 Å². The Labute approximate surface area is 225 Å². The van der Waals surface area contributed by atoms with Gasteiger partial charge in [0.25, 0.3) is 0 Å². The van der Waals surface area contributed by atoms with Crippen LogP contribution in [0.3, 0.4) is 0 Å². The van der Waals surface area contributed by atoms with Gasteiger partial charge in [0.05, 0.1) is 32.6 Å². The Bertz CT molecular complexity index is 1200. The van der Waals surface area contributed by atoms with Gasteiger partial charge in [-0.3, -0.25) is 0 Å². The molecule has 12 heteroatoms. The number of anilines is 3. The van der Waals surface area contributed by atoms with Crippen molar-refractivity contribution >= 4 is 47.3 Å². The summed E-state index contributed by atoms with van der Waals surface area (Å²) >= 11 is 12.2. The second kappa shape index (κ2) is 12.4. The third-order valence-electron chi connectivity index (χ3n) is 5.85. The summed E-state index contributed by atoms with van der Waals surface area (Å²) < 4.78 is 16.9. The highest BCUT2D eigenvalue weighted by Crippen LogP contribution is 2.23. The number of hydrogen-bond donors (Lipinski definition) is 1. The van der Waals surface area contributed by atoms with Crippen molar-refractivity contribution in [1.29, 1.82) is 0 Å². The molecule has 3 aromatic rings. The van der Waals surface area contributed by atoms with Crippen molar-refractivity contribution in [2.24, 2.45) is 5.10 Å². The summed E-state index contributed by atoms with van der Waals surface area (Å²) in [5.74, 6) is 2.28. The van der Waals surface area contributed by atoms with Crippen molar-refractivity contribution in [3.63, 3.8) is 0 Å². The Hall–Kier alpha value is -3.18. The van der Waals surface area contributed by atoms with E-state index in [1.807, 2.05) is 30.3 Å². The lowest BCUT2D eigenvalue weighted by Gasteiger charge is -2.30. The molecule has 10 nitrogen and oxygen atoms in total. The van der Waals surface area contributed by atoms with Crippen molar-refractivity contribution < 1.29 is 14.2 Å². The lowest BCUT2D eigenvalue weighted by atomic mass is 10.2. The van der Waals surface area contributed by atoms with Gasteiger partial charge in [-0.15, -0.1) is 0 Å². The molecule has 0 aliphatic carbocycles. The highest BCUT2D eigenvalue weighted by molar-refractivity contribution is 6.35. The smallest absolute Gasteiger partial charge is 0.250 e. The van der Waals surface area contributed by atoms with E-state index in [9.17, 15) is 0 Å². The van der Waals surface area contributed by atoms with Gasteiger partial charge in [0, 0.05) is 41.8 Å². The van der Waals surface area contributed by atoms with E-state index in [0.717, 1.165) is 37.3 Å². The molecule has 0 amide bonds. The van der Waals surface area contributed by atoms with Gasteiger partial charge in [-0.1, -0.05) is 41.4 Å². The van der Waals surface area contributed by atoms with Crippen LogP contribution in [0.1, 0.15) is 11.1 Å². The van der Waals surface area contributed by atoms with Gasteiger partial charge in [-0.2, -0.15) is 20.1 Å². The molecule has 0 atom stereocenters. The fourth-order valence-electron chi connectivity index (χ4n) is 3.86. The van der Waals surface area contributed by atoms with Crippen molar-refractivity contribution in [2.45, 2.75) is 6.61 Å². The summed E-state index contributed by atoms with van der Waals surface area (Å²) in [5.41, 5.74) is 4.67. The van der Waals surface area contributed by atoms with Crippen LogP contribution in [0.4, 0.5) is 17.8 Å². The number of benzene rings is 2. The van der Waals surface area contributed by atoms with Crippen LogP contribution in [0.15, 0.2) is 47.6 Å². The predicted octanol–water partition coefficient (Wildman–Crippen LogP) is 3.88. The maximum Gasteiger partial charge on any atom is 0.250 e. The molecule has 1 N–H and O–H groups in total. The molecule has 0 bridgehead atoms. The molecule has 1 aromatic heterocycles. The third-order valence-corrected chi connectivity index (χ3v) is 6.43. The molecule has 0 saturated carbocycles. The van der Waals surface area contributed by atoms with Gasteiger partial charge in [0.1, 0.15) is 12.4 Å². The number of nitrogens with zero attached hydrogens (tertiary/aromatic N) is 6. The molecule has 5 rings (SSSR count). The molecule has 2 fully saturated rings. The topological polar surface area (TPSA) is 97.2 Å². The van der Waals surface area contributed by atoms with E-state index in [4.69, 9.17) is 42.4 Å². The number of rotatable bonds is 8. The maximum absolute atomic E-state index is 6.25. The Balaban J connectivity index is 1.27. The summed E-state index contributed by atoms with van der Waals surface area (Å²) in [5, 5.41) is 5.52. The number of ether oxygens (including phenoxy) is 3. The molecule has 194 valence electrons. The van der Waals surface area contributed by atoms with Gasteiger partial charge in [0.2, 0.25) is 17.8 Å². The van der Waals surface area contributed by atoms with E-state index in [1.54, 1.807) is 18.3 Å². The summed E-state index contributed by atoms with van der Waals surface area (Å²) in [6.45, 7) is 5.79. The normalized spacial score (nSPS) is 16.3. The second-order valence-corrected chi connectivity index (χ2v) is 9.27. The van der Waals surface area contributed by atoms with Crippen LogP contribution < -0.4 is 20.0 Å². The molecule has 0 radical (unpaired) electrons. The highest BCUT2D eigenvalue weighted by Gasteiger charge is 2.20. The molecule has 3 heterocycles. The number of aromatic nitrogens is 3. The first-order valence-corrected chi connectivity index (χ1v) is 12.8. The van der Waals surface area contributed by atoms with Gasteiger partial charge in [-0.05, 0) is 29.8 Å². The van der Waals surface area contributed by atoms with Crippen LogP contribution in [-0.2, 0) is 16.1 Å². The standard InChI is InChI=1S/C25H27Cl2N7O3/c26-20-5-4-19(22(27)15-20)17-37-21-3-1-2-18(14-21)16-28-32-23-29-24(33-6-10-35-11-7-33)31-25(30-23)34-8-12-36-13-9-34/h1-5,14-16H,6-13,17H2,(H,29,30,31,32)/b28-16+. The van der Waals surface area contributed by atoms with Gasteiger partial charge in [0.15, 0.2) is 0 Å². The van der Waals surface area contributed by atoms with E-state index < -0.39 is 0 Å². The Morgan fingerprint density at radius 2 is 1.57 bits per heavy atom. The quantitative estimate of drug-likeness (QED) is 0.335. The first kappa shape index (κ1) is 25.5. The zero-order chi connectivity index (χ0) is 25.5. The molecular formula is C25H27Cl2N7O3. The number of hydrazone groups is 1. The van der Waals surface area contributed by atoms with E-state index >= 15 is 0 Å². The van der Waals surface area contributed by atoms with Crippen LogP contribution in [0.5, 0.6) is 5.75 Å². The first-order chi connectivity index (χ1) is 18.1. The summed E-state index contributed by atoms with van der Waals surface area (Å²) in [6.07, 6.45) is 1.69. The van der Waals surface area contributed by atoms with Gasteiger partial charge in [-0.25, -0.2) is 5.43 Å². The number of halogens is 2. The van der Waals surface area contributed by atoms with Crippen LogP contribution >= 0.6 is 23.2 Å². The van der Waals surface area contributed by atoms with Crippen LogP contribution in [-0.4, -0.2) is 73.8 Å². The number of hydrogen-bond acceptors (Lipinski definition) is 10. The second-order valence-electron chi connectivity index (χ2n) is 8.42. The third kappa shape index (κ3) is 6.98. The lowest BCUT2D eigenvalue weighted by molar-refractivity contribution is 0.121. The van der Waals surface area contributed by atoms with E-state index in [0.29, 0.717) is 66.7 Å².